The van der Waals surface area contributed by atoms with Gasteiger partial charge in [0.1, 0.15) is 36.1 Å². The molecule has 0 unspecified atom stereocenters. The molecule has 0 bridgehead atoms. The van der Waals surface area contributed by atoms with Crippen molar-refractivity contribution in [3.05, 3.63) is 11.1 Å². The van der Waals surface area contributed by atoms with Gasteiger partial charge in [-0.05, 0) is 36.7 Å². The standard InChI is InChI=1S/C20H28O8/c1-8(2)18(25)13(21)14(22)20(26)17(3)5-4-9-10(7-27-15(9)23)11(17)6-12-19(20,28-12)16(18)24/h8,11-14,16,21-22,24-26H,4-7H2,1-3H3/t11-,12-,13+,14+,16+,17-,18-,19+,20+/m0/s1. The molecule has 2 saturated carbocycles. The Bertz CT molecular complexity index is 793. The van der Waals surface area contributed by atoms with Crippen molar-refractivity contribution < 1.29 is 39.8 Å². The molecular weight excluding hydrogens is 368 g/mol. The lowest BCUT2D eigenvalue weighted by Gasteiger charge is -2.65. The molecule has 1 spiro atoms. The van der Waals surface area contributed by atoms with E-state index in [0.717, 1.165) is 5.57 Å². The number of carbonyl (C=O) groups is 1. The zero-order valence-electron chi connectivity index (χ0n) is 16.3. The van der Waals surface area contributed by atoms with E-state index in [9.17, 15) is 30.3 Å². The van der Waals surface area contributed by atoms with Crippen molar-refractivity contribution in [2.24, 2.45) is 17.3 Å². The van der Waals surface area contributed by atoms with Gasteiger partial charge in [0.25, 0.3) is 0 Å². The molecule has 28 heavy (non-hydrogen) atoms. The van der Waals surface area contributed by atoms with Crippen molar-refractivity contribution in [1.29, 1.82) is 0 Å². The number of ether oxygens (including phenoxy) is 2. The molecule has 3 aliphatic carbocycles. The second kappa shape index (κ2) is 5.17. The quantitative estimate of drug-likeness (QED) is 0.281. The summed E-state index contributed by atoms with van der Waals surface area (Å²) in [6.07, 6.45) is -4.43. The summed E-state index contributed by atoms with van der Waals surface area (Å²) in [5.74, 6) is -1.20. The lowest BCUT2D eigenvalue weighted by Crippen LogP contribution is -2.84. The number of cyclic esters (lactones) is 1. The summed E-state index contributed by atoms with van der Waals surface area (Å²) in [5.41, 5.74) is -5.09. The van der Waals surface area contributed by atoms with Gasteiger partial charge in [0.15, 0.2) is 5.60 Å². The first-order valence-electron chi connectivity index (χ1n) is 10.0. The molecule has 2 aliphatic heterocycles. The van der Waals surface area contributed by atoms with Crippen LogP contribution in [0.4, 0.5) is 0 Å². The SMILES string of the molecule is CC(C)[C@]1(O)[C@H](O)[C@@H](O)[C@]2(O)[C@]3(O[C@H]3C[C@H]3C4=C(CC[C@@]32C)C(=O)OC4)[C@@H]1O. The first kappa shape index (κ1) is 19.0. The second-order valence-corrected chi connectivity index (χ2v) is 9.79. The minimum Gasteiger partial charge on any atom is -0.458 e. The molecule has 156 valence electrons. The van der Waals surface area contributed by atoms with E-state index in [0.29, 0.717) is 24.8 Å². The van der Waals surface area contributed by atoms with E-state index in [4.69, 9.17) is 9.47 Å². The molecular formula is C20H28O8. The van der Waals surface area contributed by atoms with Gasteiger partial charge in [-0.3, -0.25) is 0 Å². The summed E-state index contributed by atoms with van der Waals surface area (Å²) in [6.45, 7) is 5.25. The second-order valence-electron chi connectivity index (χ2n) is 9.79. The average Bonchev–Trinajstić information content (AvgIpc) is 3.28. The Morgan fingerprint density at radius 2 is 1.82 bits per heavy atom. The summed E-state index contributed by atoms with van der Waals surface area (Å²) < 4.78 is 11.1. The molecule has 9 atom stereocenters. The zero-order chi connectivity index (χ0) is 20.4. The Morgan fingerprint density at radius 3 is 2.46 bits per heavy atom. The molecule has 0 radical (unpaired) electrons. The van der Waals surface area contributed by atoms with Crippen LogP contribution in [-0.2, 0) is 14.3 Å². The highest BCUT2D eigenvalue weighted by Crippen LogP contribution is 2.72. The normalized spacial score (nSPS) is 57.3. The molecule has 2 heterocycles. The third-order valence-corrected chi connectivity index (χ3v) is 8.72. The van der Waals surface area contributed by atoms with Crippen LogP contribution >= 0.6 is 0 Å². The van der Waals surface area contributed by atoms with E-state index in [1.807, 2.05) is 6.92 Å². The number of hydrogen-bond acceptors (Lipinski definition) is 8. The molecule has 0 amide bonds. The fourth-order valence-electron chi connectivity index (χ4n) is 6.91. The van der Waals surface area contributed by atoms with Crippen LogP contribution in [0.3, 0.4) is 0 Å². The van der Waals surface area contributed by atoms with Gasteiger partial charge in [-0.25, -0.2) is 4.79 Å². The minimum atomic E-state index is -2.02. The maximum absolute atomic E-state index is 12.0. The van der Waals surface area contributed by atoms with Crippen LogP contribution in [-0.4, -0.2) is 79.3 Å². The minimum absolute atomic E-state index is 0.154. The van der Waals surface area contributed by atoms with E-state index in [2.05, 4.69) is 0 Å². The highest BCUT2D eigenvalue weighted by atomic mass is 16.6. The fourth-order valence-corrected chi connectivity index (χ4v) is 6.91. The predicted molar refractivity (Wildman–Crippen MR) is 93.8 cm³/mol. The number of aliphatic hydroxyl groups is 5. The van der Waals surface area contributed by atoms with Gasteiger partial charge in [0, 0.05) is 11.0 Å². The first-order chi connectivity index (χ1) is 13.0. The van der Waals surface area contributed by atoms with Crippen molar-refractivity contribution in [3.8, 4) is 0 Å². The van der Waals surface area contributed by atoms with Crippen molar-refractivity contribution >= 4 is 5.97 Å². The van der Waals surface area contributed by atoms with E-state index in [-0.39, 0.29) is 18.5 Å². The van der Waals surface area contributed by atoms with Gasteiger partial charge in [0.2, 0.25) is 0 Å². The molecule has 5 N–H and O–H groups in total. The Kier molecular flexibility index (Phi) is 3.50. The topological polar surface area (TPSA) is 140 Å². The third-order valence-electron chi connectivity index (χ3n) is 8.72. The van der Waals surface area contributed by atoms with Gasteiger partial charge in [-0.2, -0.15) is 0 Å². The number of aliphatic hydroxyl groups excluding tert-OH is 3. The first-order valence-corrected chi connectivity index (χ1v) is 10.0. The van der Waals surface area contributed by atoms with E-state index < -0.39 is 52.6 Å². The number of fused-ring (bicyclic) bond motifs is 3. The number of carbonyl (C=O) groups excluding carboxylic acids is 1. The molecule has 0 aromatic carbocycles. The van der Waals surface area contributed by atoms with Gasteiger partial charge in [-0.15, -0.1) is 0 Å². The van der Waals surface area contributed by atoms with Crippen LogP contribution in [0.5, 0.6) is 0 Å². The lowest BCUT2D eigenvalue weighted by molar-refractivity contribution is -0.337. The largest absolute Gasteiger partial charge is 0.458 e. The molecule has 5 aliphatic rings. The van der Waals surface area contributed by atoms with Crippen molar-refractivity contribution in [1.82, 2.24) is 0 Å². The Hall–Kier alpha value is -1.03. The van der Waals surface area contributed by atoms with Crippen LogP contribution in [0.2, 0.25) is 0 Å². The summed E-state index contributed by atoms with van der Waals surface area (Å²) in [4.78, 5) is 12.0. The molecule has 3 fully saturated rings. The number of epoxide rings is 1. The smallest absolute Gasteiger partial charge is 0.334 e. The van der Waals surface area contributed by atoms with Gasteiger partial charge in [0.05, 0.1) is 6.10 Å². The van der Waals surface area contributed by atoms with Crippen molar-refractivity contribution in [2.75, 3.05) is 6.61 Å². The van der Waals surface area contributed by atoms with Gasteiger partial charge < -0.3 is 35.0 Å². The zero-order valence-corrected chi connectivity index (χ0v) is 16.3. The number of hydrogen-bond donors (Lipinski definition) is 5. The molecule has 0 aromatic rings. The van der Waals surface area contributed by atoms with E-state index in [1.165, 1.54) is 0 Å². The van der Waals surface area contributed by atoms with E-state index in [1.54, 1.807) is 13.8 Å². The van der Waals surface area contributed by atoms with Crippen molar-refractivity contribution in [3.63, 3.8) is 0 Å². The Labute approximate surface area is 162 Å². The van der Waals surface area contributed by atoms with Gasteiger partial charge in [-0.1, -0.05) is 20.8 Å². The van der Waals surface area contributed by atoms with Crippen molar-refractivity contribution in [2.45, 2.75) is 81.3 Å². The summed E-state index contributed by atoms with van der Waals surface area (Å²) in [6, 6.07) is 0. The number of rotatable bonds is 1. The highest BCUT2D eigenvalue weighted by Gasteiger charge is 2.89. The average molecular weight is 396 g/mol. The van der Waals surface area contributed by atoms with Crippen LogP contribution < -0.4 is 0 Å². The van der Waals surface area contributed by atoms with Crippen LogP contribution in [0.1, 0.15) is 40.0 Å². The summed E-state index contributed by atoms with van der Waals surface area (Å²) in [5, 5.41) is 56.3. The Balaban J connectivity index is 1.67. The van der Waals surface area contributed by atoms with Crippen LogP contribution in [0, 0.1) is 17.3 Å². The van der Waals surface area contributed by atoms with E-state index >= 15 is 0 Å². The predicted octanol–water partition coefficient (Wildman–Crippen LogP) is -0.988. The molecule has 0 aromatic heterocycles. The van der Waals surface area contributed by atoms with Crippen LogP contribution in [0.25, 0.3) is 0 Å². The van der Waals surface area contributed by atoms with Crippen LogP contribution in [0.15, 0.2) is 11.1 Å². The molecule has 5 rings (SSSR count). The summed E-state index contributed by atoms with van der Waals surface area (Å²) >= 11 is 0. The monoisotopic (exact) mass is 396 g/mol. The number of esters is 1. The molecule has 8 heteroatoms. The van der Waals surface area contributed by atoms with Gasteiger partial charge >= 0.3 is 5.97 Å². The summed E-state index contributed by atoms with van der Waals surface area (Å²) in [7, 11) is 0. The fraction of sp³-hybridized carbons (Fsp3) is 0.850. The Morgan fingerprint density at radius 1 is 1.14 bits per heavy atom. The third kappa shape index (κ3) is 1.66. The maximum Gasteiger partial charge on any atom is 0.334 e. The maximum atomic E-state index is 12.0. The highest BCUT2D eigenvalue weighted by molar-refractivity contribution is 5.92. The molecule has 1 saturated heterocycles. The molecule has 8 nitrogen and oxygen atoms in total. The lowest BCUT2D eigenvalue weighted by atomic mass is 9.43.